The van der Waals surface area contributed by atoms with Gasteiger partial charge >= 0.3 is 0 Å². The van der Waals surface area contributed by atoms with Crippen LogP contribution in [0.5, 0.6) is 0 Å². The van der Waals surface area contributed by atoms with Crippen molar-refractivity contribution in [2.45, 2.75) is 43.0 Å². The molecule has 0 radical (unpaired) electrons. The molecule has 0 saturated heterocycles. The van der Waals surface area contributed by atoms with E-state index in [0.29, 0.717) is 11.7 Å². The van der Waals surface area contributed by atoms with Crippen LogP contribution >= 0.6 is 23.2 Å². The summed E-state index contributed by atoms with van der Waals surface area (Å²) in [5, 5.41) is 10.4. The second kappa shape index (κ2) is 10.4. The first-order valence-electron chi connectivity index (χ1n) is 8.85. The minimum Gasteiger partial charge on any atom is -0.278 e. The zero-order chi connectivity index (χ0) is 19.0. The van der Waals surface area contributed by atoms with Gasteiger partial charge in [0.15, 0.2) is 0 Å². The van der Waals surface area contributed by atoms with E-state index in [9.17, 15) is 8.42 Å². The summed E-state index contributed by atoms with van der Waals surface area (Å²) < 4.78 is 26.6. The summed E-state index contributed by atoms with van der Waals surface area (Å²) in [4.78, 5) is 0.201. The third-order valence-corrected chi connectivity index (χ3v) is 6.80. The fourth-order valence-electron chi connectivity index (χ4n) is 3.02. The molecule has 6 nitrogen and oxygen atoms in total. The van der Waals surface area contributed by atoms with E-state index in [0.717, 1.165) is 12.8 Å². The zero-order valence-electron chi connectivity index (χ0n) is 15.0. The van der Waals surface area contributed by atoms with Gasteiger partial charge < -0.3 is 0 Å². The Balaban J connectivity index is 2.05. The Kier molecular flexibility index (Phi) is 8.60. The maximum absolute atomic E-state index is 12.6. The summed E-state index contributed by atoms with van der Waals surface area (Å²) in [6.07, 6.45) is 6.05. The highest BCUT2D eigenvalue weighted by Gasteiger charge is 2.23. The summed E-state index contributed by atoms with van der Waals surface area (Å²) in [7, 11) is -1.67. The Morgan fingerprint density at radius 2 is 1.62 bits per heavy atom. The zero-order valence-corrected chi connectivity index (χ0v) is 17.3. The summed E-state index contributed by atoms with van der Waals surface area (Å²) in [5.74, 6) is 0.436. The van der Waals surface area contributed by atoms with Crippen LogP contribution in [0.1, 0.15) is 32.1 Å². The van der Waals surface area contributed by atoms with Gasteiger partial charge in [-0.15, -0.1) is 28.3 Å². The highest BCUT2D eigenvalue weighted by Crippen LogP contribution is 2.24. The molecule has 0 amide bonds. The van der Waals surface area contributed by atoms with Gasteiger partial charge in [-0.3, -0.25) is 5.01 Å². The lowest BCUT2D eigenvalue weighted by atomic mass is 9.95. The number of hydrogen-bond donors (Lipinski definition) is 0. The van der Waals surface area contributed by atoms with E-state index in [1.165, 1.54) is 23.6 Å². The molecule has 0 bridgehead atoms. The lowest BCUT2D eigenvalue weighted by Crippen LogP contribution is -2.34. The van der Waals surface area contributed by atoms with Crippen molar-refractivity contribution in [1.29, 1.82) is 0 Å². The lowest BCUT2D eigenvalue weighted by molar-refractivity contribution is 0.187. The predicted octanol–water partition coefficient (Wildman–Crippen LogP) is 4.42. The number of nitrogens with zero attached hydrogens (tertiary/aromatic N) is 4. The molecule has 2 rings (SSSR count). The van der Waals surface area contributed by atoms with E-state index in [4.69, 9.17) is 23.2 Å². The van der Waals surface area contributed by atoms with Gasteiger partial charge in [-0.25, -0.2) is 8.42 Å². The molecule has 26 heavy (non-hydrogen) atoms. The third-order valence-electron chi connectivity index (χ3n) is 4.55. The molecular formula is C17H26Cl2N4O2S. The number of benzene rings is 1. The molecule has 0 heterocycles. The Morgan fingerprint density at radius 1 is 1.04 bits per heavy atom. The number of hydrogen-bond acceptors (Lipinski definition) is 4. The predicted molar refractivity (Wildman–Crippen MR) is 106 cm³/mol. The molecule has 146 valence electrons. The van der Waals surface area contributed by atoms with Gasteiger partial charge in [-0.1, -0.05) is 24.5 Å². The summed E-state index contributed by atoms with van der Waals surface area (Å²) in [6.45, 7) is 0.453. The van der Waals surface area contributed by atoms with E-state index in [-0.39, 0.29) is 29.7 Å². The van der Waals surface area contributed by atoms with Crippen LogP contribution < -0.4 is 0 Å². The molecule has 0 N–H and O–H groups in total. The fourth-order valence-corrected chi connectivity index (χ4v) is 5.07. The number of alkyl halides is 2. The molecule has 9 heteroatoms. The van der Waals surface area contributed by atoms with Crippen molar-refractivity contribution in [3.8, 4) is 0 Å². The van der Waals surface area contributed by atoms with Crippen LogP contribution in [-0.4, -0.2) is 55.7 Å². The van der Waals surface area contributed by atoms with Gasteiger partial charge in [0, 0.05) is 37.9 Å². The van der Waals surface area contributed by atoms with Gasteiger partial charge in [0.1, 0.15) is 0 Å². The normalized spacial score (nSPS) is 16.5. The number of halogens is 2. The smallest absolute Gasteiger partial charge is 0.243 e. The number of rotatable bonds is 9. The van der Waals surface area contributed by atoms with Crippen molar-refractivity contribution in [1.82, 2.24) is 9.31 Å². The minimum absolute atomic E-state index is 0.201. The first-order valence-corrected chi connectivity index (χ1v) is 11.4. The third kappa shape index (κ3) is 5.81. The van der Waals surface area contributed by atoms with Gasteiger partial charge in [0.05, 0.1) is 10.6 Å². The molecule has 1 aromatic carbocycles. The van der Waals surface area contributed by atoms with Gasteiger partial charge in [-0.05, 0) is 37.1 Å². The Labute approximate surface area is 166 Å². The topological polar surface area (TPSA) is 65.3 Å². The van der Waals surface area contributed by atoms with Gasteiger partial charge in [0.25, 0.3) is 0 Å². The summed E-state index contributed by atoms with van der Waals surface area (Å²) in [5.41, 5.74) is 0.618. The molecule has 1 aliphatic carbocycles. The Hall–Kier alpha value is -0.890. The van der Waals surface area contributed by atoms with Crippen molar-refractivity contribution in [3.63, 3.8) is 0 Å². The Morgan fingerprint density at radius 3 is 2.15 bits per heavy atom. The summed E-state index contributed by atoms with van der Waals surface area (Å²) in [6, 6.07) is 6.83. The van der Waals surface area contributed by atoms with E-state index in [1.54, 1.807) is 24.3 Å². The van der Waals surface area contributed by atoms with Gasteiger partial charge in [0.2, 0.25) is 10.0 Å². The molecule has 1 fully saturated rings. The van der Waals surface area contributed by atoms with E-state index >= 15 is 0 Å². The maximum atomic E-state index is 12.6. The Bertz CT molecular complexity index is 671. The van der Waals surface area contributed by atoms with Crippen LogP contribution in [0.2, 0.25) is 0 Å². The molecule has 0 aromatic heterocycles. The van der Waals surface area contributed by atoms with Crippen LogP contribution in [-0.2, 0) is 10.0 Å². The molecule has 0 atom stereocenters. The van der Waals surface area contributed by atoms with Crippen molar-refractivity contribution in [2.24, 2.45) is 10.3 Å². The van der Waals surface area contributed by atoms with Gasteiger partial charge in [-0.2, -0.15) is 4.31 Å². The van der Waals surface area contributed by atoms with Crippen molar-refractivity contribution >= 4 is 38.9 Å². The molecular weight excluding hydrogens is 395 g/mol. The van der Waals surface area contributed by atoms with Crippen molar-refractivity contribution < 1.29 is 8.42 Å². The lowest BCUT2D eigenvalue weighted by Gasteiger charge is -2.27. The van der Waals surface area contributed by atoms with E-state index < -0.39 is 10.0 Å². The maximum Gasteiger partial charge on any atom is 0.243 e. The monoisotopic (exact) mass is 420 g/mol. The molecule has 0 spiro atoms. The molecule has 1 saturated carbocycles. The highest BCUT2D eigenvalue weighted by atomic mass is 35.5. The first kappa shape index (κ1) is 21.4. The van der Waals surface area contributed by atoms with E-state index in [1.807, 2.05) is 12.1 Å². The molecule has 1 aromatic rings. The average Bonchev–Trinajstić information content (AvgIpc) is 2.67. The molecule has 0 aliphatic heterocycles. The summed E-state index contributed by atoms with van der Waals surface area (Å²) >= 11 is 11.4. The largest absolute Gasteiger partial charge is 0.278 e. The van der Waals surface area contributed by atoms with Crippen LogP contribution in [0.3, 0.4) is 0 Å². The first-order chi connectivity index (χ1) is 12.5. The fraction of sp³-hybridized carbons (Fsp3) is 0.647. The second-order valence-electron chi connectivity index (χ2n) is 6.33. The van der Waals surface area contributed by atoms with Crippen LogP contribution in [0.15, 0.2) is 39.5 Å². The standard InChI is InChI=1S/C17H26Cl2N4O2S/c1-22(16-5-3-2-4-6-16)21-20-15-7-9-17(10-8-15)26(24,25)23(13-11-18)14-12-19/h7-10,16H,2-6,11-14H2,1H3. The minimum atomic E-state index is -3.61. The molecule has 1 aliphatic rings. The highest BCUT2D eigenvalue weighted by molar-refractivity contribution is 7.89. The van der Waals surface area contributed by atoms with Crippen molar-refractivity contribution in [3.05, 3.63) is 24.3 Å². The number of sulfonamides is 1. The molecule has 0 unspecified atom stereocenters. The average molecular weight is 421 g/mol. The SMILES string of the molecule is CN(N=Nc1ccc(S(=O)(=O)N(CCCl)CCCl)cc1)C1CCCCC1. The second-order valence-corrected chi connectivity index (χ2v) is 9.02. The van der Waals surface area contributed by atoms with Crippen LogP contribution in [0.4, 0.5) is 5.69 Å². The van der Waals surface area contributed by atoms with Crippen LogP contribution in [0.25, 0.3) is 0 Å². The quantitative estimate of drug-likeness (QED) is 0.337. The van der Waals surface area contributed by atoms with Crippen LogP contribution in [0, 0.1) is 0 Å². The van der Waals surface area contributed by atoms with Crippen molar-refractivity contribution in [2.75, 3.05) is 31.9 Å². The van der Waals surface area contributed by atoms with E-state index in [2.05, 4.69) is 10.3 Å².